The molecule has 0 bridgehead atoms. The summed E-state index contributed by atoms with van der Waals surface area (Å²) in [7, 11) is 0. The van der Waals surface area contributed by atoms with Crippen LogP contribution in [0.3, 0.4) is 0 Å². The maximum absolute atomic E-state index is 13.5. The van der Waals surface area contributed by atoms with E-state index in [1.54, 1.807) is 6.07 Å². The van der Waals surface area contributed by atoms with Crippen LogP contribution in [0.15, 0.2) is 18.2 Å². The van der Waals surface area contributed by atoms with E-state index in [0.29, 0.717) is 24.5 Å². The summed E-state index contributed by atoms with van der Waals surface area (Å²) in [6, 6.07) is 4.43. The Hall–Kier alpha value is -1.28. The number of halogens is 2. The zero-order valence-corrected chi connectivity index (χ0v) is 12.8. The number of hydrogen-bond acceptors (Lipinski definition) is 3. The Labute approximate surface area is 130 Å². The van der Waals surface area contributed by atoms with Gasteiger partial charge in [-0.05, 0) is 18.7 Å². The van der Waals surface area contributed by atoms with Gasteiger partial charge in [0.25, 0.3) is 0 Å². The van der Waals surface area contributed by atoms with Crippen LogP contribution in [0.25, 0.3) is 0 Å². The molecule has 0 spiro atoms. The van der Waals surface area contributed by atoms with Gasteiger partial charge in [0.15, 0.2) is 0 Å². The van der Waals surface area contributed by atoms with Crippen LogP contribution in [-0.4, -0.2) is 49.7 Å². The third kappa shape index (κ3) is 5.20. The Morgan fingerprint density at radius 3 is 3.10 bits per heavy atom. The van der Waals surface area contributed by atoms with Crippen molar-refractivity contribution >= 4 is 11.6 Å². The molecule has 1 fully saturated rings. The number of nitrogens with zero attached hydrogens (tertiary/aromatic N) is 1. The van der Waals surface area contributed by atoms with Crippen molar-refractivity contribution in [2.45, 2.75) is 13.0 Å². The van der Waals surface area contributed by atoms with E-state index in [9.17, 15) is 4.39 Å². The van der Waals surface area contributed by atoms with Crippen LogP contribution in [0.5, 0.6) is 5.75 Å². The molecule has 1 aromatic rings. The fourth-order valence-electron chi connectivity index (χ4n) is 2.21. The lowest BCUT2D eigenvalue weighted by Gasteiger charge is -2.31. The summed E-state index contributed by atoms with van der Waals surface area (Å²) in [6.45, 7) is 6.02. The Morgan fingerprint density at radius 2 is 2.33 bits per heavy atom. The lowest BCUT2D eigenvalue weighted by molar-refractivity contribution is -0.0464. The summed E-state index contributed by atoms with van der Waals surface area (Å²) in [4.78, 5) is 2.31. The number of benzene rings is 1. The van der Waals surface area contributed by atoms with Gasteiger partial charge in [-0.1, -0.05) is 18.8 Å². The minimum atomic E-state index is -0.369. The average molecular weight is 312 g/mol. The Morgan fingerprint density at radius 1 is 1.48 bits per heavy atom. The van der Waals surface area contributed by atoms with Crippen LogP contribution in [0.4, 0.5) is 4.39 Å². The van der Waals surface area contributed by atoms with Gasteiger partial charge in [-0.3, -0.25) is 4.90 Å². The van der Waals surface area contributed by atoms with E-state index in [-0.39, 0.29) is 17.8 Å². The van der Waals surface area contributed by atoms with Gasteiger partial charge >= 0.3 is 0 Å². The maximum Gasteiger partial charge on any atom is 0.128 e. The van der Waals surface area contributed by atoms with Gasteiger partial charge in [0, 0.05) is 24.7 Å². The van der Waals surface area contributed by atoms with Crippen LogP contribution in [0.1, 0.15) is 12.5 Å². The molecular formula is C16H19ClFNO2. The van der Waals surface area contributed by atoms with E-state index in [1.807, 2.05) is 0 Å². The topological polar surface area (TPSA) is 21.7 Å². The molecule has 2 rings (SSSR count). The van der Waals surface area contributed by atoms with E-state index in [4.69, 9.17) is 21.1 Å². The molecule has 1 aliphatic heterocycles. The van der Waals surface area contributed by atoms with Crippen LogP contribution >= 0.6 is 11.6 Å². The van der Waals surface area contributed by atoms with E-state index in [0.717, 1.165) is 19.6 Å². The zero-order chi connectivity index (χ0) is 15.1. The normalized spacial score (nSPS) is 18.9. The highest BCUT2D eigenvalue weighted by molar-refractivity contribution is 6.19. The molecule has 21 heavy (non-hydrogen) atoms. The smallest absolute Gasteiger partial charge is 0.128 e. The van der Waals surface area contributed by atoms with Crippen molar-refractivity contribution in [2.24, 2.45) is 0 Å². The first-order valence-corrected chi connectivity index (χ1v) is 7.57. The predicted molar refractivity (Wildman–Crippen MR) is 81.3 cm³/mol. The van der Waals surface area contributed by atoms with Gasteiger partial charge in [-0.2, -0.15) is 0 Å². The van der Waals surface area contributed by atoms with Crippen LogP contribution < -0.4 is 4.74 Å². The standard InChI is InChI=1S/C16H19ClFNO2/c1-2-19-6-7-20-16(11-19)12-21-15-9-13(4-3-5-17)8-14(18)10-15/h8-10,16H,2,5-7,11-12H2,1H3. The number of alkyl halides is 1. The molecule has 1 saturated heterocycles. The fraction of sp³-hybridized carbons (Fsp3) is 0.500. The molecule has 0 N–H and O–H groups in total. The SMILES string of the molecule is CCN1CCOC(COc2cc(F)cc(C#CCCl)c2)C1. The number of hydrogen-bond donors (Lipinski definition) is 0. The Balaban J connectivity index is 1.94. The summed E-state index contributed by atoms with van der Waals surface area (Å²) >= 11 is 5.50. The zero-order valence-electron chi connectivity index (χ0n) is 12.1. The van der Waals surface area contributed by atoms with Crippen molar-refractivity contribution in [3.63, 3.8) is 0 Å². The second kappa shape index (κ2) is 8.23. The summed E-state index contributed by atoms with van der Waals surface area (Å²) in [6.07, 6.45) is 0.0133. The number of ether oxygens (including phenoxy) is 2. The van der Waals surface area contributed by atoms with E-state index < -0.39 is 0 Å². The van der Waals surface area contributed by atoms with Gasteiger partial charge in [0.2, 0.25) is 0 Å². The summed E-state index contributed by atoms with van der Waals surface area (Å²) in [5.74, 6) is 5.80. The van der Waals surface area contributed by atoms with Gasteiger partial charge in [-0.25, -0.2) is 4.39 Å². The van der Waals surface area contributed by atoms with Gasteiger partial charge in [-0.15, -0.1) is 11.6 Å². The number of likely N-dealkylation sites (N-methyl/N-ethyl adjacent to an activating group) is 1. The van der Waals surface area contributed by atoms with Crippen molar-refractivity contribution < 1.29 is 13.9 Å². The third-order valence-electron chi connectivity index (χ3n) is 3.28. The van der Waals surface area contributed by atoms with Crippen molar-refractivity contribution in [1.82, 2.24) is 4.90 Å². The van der Waals surface area contributed by atoms with E-state index in [2.05, 4.69) is 23.7 Å². The summed E-state index contributed by atoms with van der Waals surface area (Å²) in [5, 5.41) is 0. The molecule has 3 nitrogen and oxygen atoms in total. The van der Waals surface area contributed by atoms with Gasteiger partial charge in [0.1, 0.15) is 24.3 Å². The Kier molecular flexibility index (Phi) is 6.31. The minimum Gasteiger partial charge on any atom is -0.491 e. The second-order valence-corrected chi connectivity index (χ2v) is 5.08. The lowest BCUT2D eigenvalue weighted by atomic mass is 10.2. The average Bonchev–Trinajstić information content (AvgIpc) is 2.50. The molecule has 5 heteroatoms. The quantitative estimate of drug-likeness (QED) is 0.630. The van der Waals surface area contributed by atoms with Crippen LogP contribution in [0, 0.1) is 17.7 Å². The molecule has 1 unspecified atom stereocenters. The summed E-state index contributed by atoms with van der Waals surface area (Å²) in [5.41, 5.74) is 0.561. The summed E-state index contributed by atoms with van der Waals surface area (Å²) < 4.78 is 24.8. The molecule has 0 aliphatic carbocycles. The fourth-order valence-corrected chi connectivity index (χ4v) is 2.28. The van der Waals surface area contributed by atoms with Crippen molar-refractivity contribution in [2.75, 3.05) is 38.7 Å². The monoisotopic (exact) mass is 311 g/mol. The highest BCUT2D eigenvalue weighted by Crippen LogP contribution is 2.17. The first-order valence-electron chi connectivity index (χ1n) is 7.03. The second-order valence-electron chi connectivity index (χ2n) is 4.81. The molecule has 0 amide bonds. The molecule has 0 radical (unpaired) electrons. The van der Waals surface area contributed by atoms with Crippen LogP contribution in [0.2, 0.25) is 0 Å². The first kappa shape index (κ1) is 16.1. The van der Waals surface area contributed by atoms with Gasteiger partial charge in [0.05, 0.1) is 12.5 Å². The highest BCUT2D eigenvalue weighted by atomic mass is 35.5. The van der Waals surface area contributed by atoms with Crippen molar-refractivity contribution in [3.05, 3.63) is 29.6 Å². The highest BCUT2D eigenvalue weighted by Gasteiger charge is 2.19. The molecule has 1 aromatic carbocycles. The van der Waals surface area contributed by atoms with E-state index in [1.165, 1.54) is 12.1 Å². The molecule has 0 saturated carbocycles. The number of rotatable bonds is 4. The minimum absolute atomic E-state index is 0.0133. The maximum atomic E-state index is 13.5. The molecule has 1 heterocycles. The van der Waals surface area contributed by atoms with E-state index >= 15 is 0 Å². The molecule has 1 aliphatic rings. The number of morpholine rings is 1. The molecular weight excluding hydrogens is 293 g/mol. The van der Waals surface area contributed by atoms with Crippen molar-refractivity contribution in [3.8, 4) is 17.6 Å². The van der Waals surface area contributed by atoms with Gasteiger partial charge < -0.3 is 9.47 Å². The third-order valence-corrected chi connectivity index (χ3v) is 3.41. The largest absolute Gasteiger partial charge is 0.491 e. The molecule has 1 atom stereocenters. The van der Waals surface area contributed by atoms with Crippen LogP contribution in [-0.2, 0) is 4.74 Å². The Bertz CT molecular complexity index is 527. The molecule has 114 valence electrons. The predicted octanol–water partition coefficient (Wildman–Crippen LogP) is 2.52. The molecule has 0 aromatic heterocycles. The lowest BCUT2D eigenvalue weighted by Crippen LogP contribution is -2.44. The first-order chi connectivity index (χ1) is 10.2. The van der Waals surface area contributed by atoms with Crippen molar-refractivity contribution in [1.29, 1.82) is 0 Å².